The summed E-state index contributed by atoms with van der Waals surface area (Å²) in [6.07, 6.45) is 6.55. The SMILES string of the molecule is CN=C(NCCCn1cc(C)cn1)NCc1coc(-c2ccccc2)n1. The number of nitrogens with one attached hydrogen (secondary N) is 2. The molecule has 0 spiro atoms. The zero-order valence-corrected chi connectivity index (χ0v) is 15.1. The largest absolute Gasteiger partial charge is 0.444 e. The predicted octanol–water partition coefficient (Wildman–Crippen LogP) is 2.60. The first-order valence-electron chi connectivity index (χ1n) is 8.68. The number of nitrogens with zero attached hydrogens (tertiary/aromatic N) is 4. The molecule has 136 valence electrons. The van der Waals surface area contributed by atoms with Crippen molar-refractivity contribution in [2.24, 2.45) is 4.99 Å². The minimum absolute atomic E-state index is 0.550. The number of aliphatic imine (C=N–C) groups is 1. The summed E-state index contributed by atoms with van der Waals surface area (Å²) in [6.45, 7) is 4.28. The van der Waals surface area contributed by atoms with Crippen LogP contribution in [0.4, 0.5) is 0 Å². The Kier molecular flexibility index (Phi) is 6.03. The third kappa shape index (κ3) is 4.95. The molecule has 0 aliphatic carbocycles. The molecule has 0 atom stereocenters. The molecule has 0 aliphatic heterocycles. The molecule has 2 aromatic heterocycles. The topological polar surface area (TPSA) is 80.3 Å². The molecular weight excluding hydrogens is 328 g/mol. The van der Waals surface area contributed by atoms with Gasteiger partial charge in [0.2, 0.25) is 5.89 Å². The summed E-state index contributed by atoms with van der Waals surface area (Å²) in [4.78, 5) is 8.73. The van der Waals surface area contributed by atoms with Crippen molar-refractivity contribution in [1.29, 1.82) is 0 Å². The molecule has 7 heteroatoms. The predicted molar refractivity (Wildman–Crippen MR) is 102 cm³/mol. The van der Waals surface area contributed by atoms with E-state index in [-0.39, 0.29) is 0 Å². The van der Waals surface area contributed by atoms with E-state index in [4.69, 9.17) is 4.42 Å². The lowest BCUT2D eigenvalue weighted by atomic mass is 10.2. The van der Waals surface area contributed by atoms with Crippen LogP contribution in [0, 0.1) is 6.92 Å². The highest BCUT2D eigenvalue weighted by Gasteiger charge is 2.06. The fourth-order valence-electron chi connectivity index (χ4n) is 2.53. The average Bonchev–Trinajstić information content (AvgIpc) is 3.31. The fraction of sp³-hybridized carbons (Fsp3) is 0.316. The van der Waals surface area contributed by atoms with Gasteiger partial charge in [-0.2, -0.15) is 5.10 Å². The summed E-state index contributed by atoms with van der Waals surface area (Å²) in [6, 6.07) is 9.86. The second-order valence-corrected chi connectivity index (χ2v) is 6.00. The van der Waals surface area contributed by atoms with Gasteiger partial charge in [0.05, 0.1) is 18.4 Å². The van der Waals surface area contributed by atoms with Gasteiger partial charge < -0.3 is 15.1 Å². The molecule has 0 saturated carbocycles. The maximum absolute atomic E-state index is 5.55. The van der Waals surface area contributed by atoms with Crippen molar-refractivity contribution in [2.45, 2.75) is 26.4 Å². The quantitative estimate of drug-likeness (QED) is 0.388. The Balaban J connectivity index is 1.42. The molecule has 3 aromatic rings. The number of benzene rings is 1. The van der Waals surface area contributed by atoms with E-state index in [2.05, 4.69) is 25.7 Å². The summed E-state index contributed by atoms with van der Waals surface area (Å²) in [5.74, 6) is 1.37. The van der Waals surface area contributed by atoms with E-state index in [1.807, 2.05) is 54.3 Å². The van der Waals surface area contributed by atoms with Gasteiger partial charge in [-0.3, -0.25) is 9.67 Å². The zero-order chi connectivity index (χ0) is 18.2. The number of aromatic nitrogens is 3. The van der Waals surface area contributed by atoms with Gasteiger partial charge in [0.25, 0.3) is 0 Å². The highest BCUT2D eigenvalue weighted by molar-refractivity contribution is 5.79. The molecular formula is C19H24N6O. The molecule has 3 rings (SSSR count). The van der Waals surface area contributed by atoms with Crippen molar-refractivity contribution in [2.75, 3.05) is 13.6 Å². The van der Waals surface area contributed by atoms with Gasteiger partial charge in [0, 0.05) is 31.9 Å². The van der Waals surface area contributed by atoms with Gasteiger partial charge in [0.15, 0.2) is 5.96 Å². The molecule has 0 unspecified atom stereocenters. The highest BCUT2D eigenvalue weighted by atomic mass is 16.3. The van der Waals surface area contributed by atoms with Crippen LogP contribution in [-0.2, 0) is 13.1 Å². The fourth-order valence-corrected chi connectivity index (χ4v) is 2.53. The van der Waals surface area contributed by atoms with Crippen LogP contribution < -0.4 is 10.6 Å². The monoisotopic (exact) mass is 352 g/mol. The van der Waals surface area contributed by atoms with Crippen LogP contribution in [0.2, 0.25) is 0 Å². The minimum Gasteiger partial charge on any atom is -0.444 e. The van der Waals surface area contributed by atoms with Gasteiger partial charge in [-0.25, -0.2) is 4.98 Å². The number of hydrogen-bond donors (Lipinski definition) is 2. The molecule has 1 aromatic carbocycles. The van der Waals surface area contributed by atoms with E-state index in [0.29, 0.717) is 12.4 Å². The van der Waals surface area contributed by atoms with Crippen LogP contribution in [0.3, 0.4) is 0 Å². The Morgan fingerprint density at radius 1 is 1.23 bits per heavy atom. The standard InChI is InChI=1S/C19H24N6O/c1-15-11-23-25(13-15)10-6-9-21-19(20-2)22-12-17-14-26-18(24-17)16-7-4-3-5-8-16/h3-5,7-8,11,13-14H,6,9-10,12H2,1-2H3,(H2,20,21,22). The van der Waals surface area contributed by atoms with Gasteiger partial charge in [-0.1, -0.05) is 18.2 Å². The molecule has 26 heavy (non-hydrogen) atoms. The van der Waals surface area contributed by atoms with Gasteiger partial charge in [0.1, 0.15) is 6.26 Å². The van der Waals surface area contributed by atoms with Crippen molar-refractivity contribution in [1.82, 2.24) is 25.4 Å². The Morgan fingerprint density at radius 3 is 2.81 bits per heavy atom. The number of hydrogen-bond acceptors (Lipinski definition) is 4. The van der Waals surface area contributed by atoms with Crippen LogP contribution in [0.25, 0.3) is 11.5 Å². The summed E-state index contributed by atoms with van der Waals surface area (Å²) < 4.78 is 7.50. The Hall–Kier alpha value is -3.09. The number of oxazole rings is 1. The molecule has 0 fully saturated rings. The highest BCUT2D eigenvalue weighted by Crippen LogP contribution is 2.17. The molecule has 0 bridgehead atoms. The van der Waals surface area contributed by atoms with E-state index in [1.165, 1.54) is 5.56 Å². The molecule has 0 amide bonds. The zero-order valence-electron chi connectivity index (χ0n) is 15.1. The third-order valence-electron chi connectivity index (χ3n) is 3.85. The van der Waals surface area contributed by atoms with Crippen LogP contribution >= 0.6 is 0 Å². The van der Waals surface area contributed by atoms with Crippen molar-refractivity contribution in [3.63, 3.8) is 0 Å². The second kappa shape index (κ2) is 8.84. The molecule has 2 N–H and O–H groups in total. The Labute approximate surface area is 153 Å². The smallest absolute Gasteiger partial charge is 0.226 e. The molecule has 0 aliphatic rings. The summed E-state index contributed by atoms with van der Waals surface area (Å²) >= 11 is 0. The average molecular weight is 352 g/mol. The van der Waals surface area contributed by atoms with Crippen molar-refractivity contribution < 1.29 is 4.42 Å². The van der Waals surface area contributed by atoms with E-state index >= 15 is 0 Å². The number of aryl methyl sites for hydroxylation is 2. The van der Waals surface area contributed by atoms with Crippen LogP contribution in [-0.4, -0.2) is 34.3 Å². The summed E-state index contributed by atoms with van der Waals surface area (Å²) in [5.41, 5.74) is 2.98. The Morgan fingerprint density at radius 2 is 2.08 bits per heavy atom. The minimum atomic E-state index is 0.550. The van der Waals surface area contributed by atoms with E-state index in [0.717, 1.165) is 36.7 Å². The lowest BCUT2D eigenvalue weighted by Crippen LogP contribution is -2.37. The maximum Gasteiger partial charge on any atom is 0.226 e. The second-order valence-electron chi connectivity index (χ2n) is 6.00. The molecule has 0 radical (unpaired) electrons. The lowest BCUT2D eigenvalue weighted by molar-refractivity contribution is 0.568. The molecule has 2 heterocycles. The van der Waals surface area contributed by atoms with Crippen LogP contribution in [0.1, 0.15) is 17.7 Å². The third-order valence-corrected chi connectivity index (χ3v) is 3.85. The van der Waals surface area contributed by atoms with Crippen LogP contribution in [0.5, 0.6) is 0 Å². The summed E-state index contributed by atoms with van der Waals surface area (Å²) in [7, 11) is 1.75. The van der Waals surface area contributed by atoms with Gasteiger partial charge in [-0.05, 0) is 31.0 Å². The lowest BCUT2D eigenvalue weighted by Gasteiger charge is -2.10. The van der Waals surface area contributed by atoms with Gasteiger partial charge in [-0.15, -0.1) is 0 Å². The normalized spacial score (nSPS) is 11.5. The molecule has 0 saturated heterocycles. The first-order chi connectivity index (χ1) is 12.7. The van der Waals surface area contributed by atoms with Crippen molar-refractivity contribution in [3.8, 4) is 11.5 Å². The maximum atomic E-state index is 5.55. The van der Waals surface area contributed by atoms with Crippen molar-refractivity contribution >= 4 is 5.96 Å². The first kappa shape index (κ1) is 17.7. The molecule has 7 nitrogen and oxygen atoms in total. The van der Waals surface area contributed by atoms with E-state index in [9.17, 15) is 0 Å². The first-order valence-corrected chi connectivity index (χ1v) is 8.68. The Bertz CT molecular complexity index is 837. The number of guanidine groups is 1. The van der Waals surface area contributed by atoms with Gasteiger partial charge >= 0.3 is 0 Å². The number of rotatable bonds is 7. The summed E-state index contributed by atoms with van der Waals surface area (Å²) in [5, 5.41) is 10.8. The van der Waals surface area contributed by atoms with Crippen LogP contribution in [0.15, 0.2) is 58.4 Å². The van der Waals surface area contributed by atoms with Crippen molar-refractivity contribution in [3.05, 3.63) is 60.2 Å². The van der Waals surface area contributed by atoms with E-state index < -0.39 is 0 Å². The van der Waals surface area contributed by atoms with E-state index in [1.54, 1.807) is 13.3 Å².